The second kappa shape index (κ2) is 6.68. The van der Waals surface area contributed by atoms with Gasteiger partial charge in [-0.1, -0.05) is 20.8 Å². The van der Waals surface area contributed by atoms with E-state index < -0.39 is 0 Å². The number of nitrogens with zero attached hydrogens (tertiary/aromatic N) is 3. The first-order valence-corrected chi connectivity index (χ1v) is 7.47. The van der Waals surface area contributed by atoms with E-state index in [9.17, 15) is 4.79 Å². The molecule has 5 nitrogen and oxygen atoms in total. The van der Waals surface area contributed by atoms with Crippen LogP contribution in [0.15, 0.2) is 18.5 Å². The summed E-state index contributed by atoms with van der Waals surface area (Å²) in [6.07, 6.45) is 6.62. The molecular weight excluding hydrogens is 252 g/mol. The van der Waals surface area contributed by atoms with Crippen LogP contribution in [0.5, 0.6) is 0 Å². The Kier molecular flexibility index (Phi) is 4.93. The van der Waals surface area contributed by atoms with E-state index in [4.69, 9.17) is 0 Å². The van der Waals surface area contributed by atoms with E-state index >= 15 is 0 Å². The van der Waals surface area contributed by atoms with Crippen LogP contribution < -0.4 is 5.32 Å². The van der Waals surface area contributed by atoms with Crippen molar-refractivity contribution in [3.05, 3.63) is 18.5 Å². The molecule has 1 amide bonds. The molecule has 0 aliphatic carbocycles. The lowest BCUT2D eigenvalue weighted by atomic mass is 10.0. The quantitative estimate of drug-likeness (QED) is 0.896. The smallest absolute Gasteiger partial charge is 0.245 e. The molecule has 0 bridgehead atoms. The molecule has 1 aromatic rings. The van der Waals surface area contributed by atoms with Crippen LogP contribution in [0.25, 0.3) is 0 Å². The lowest BCUT2D eigenvalue weighted by Crippen LogP contribution is -2.47. The highest BCUT2D eigenvalue weighted by molar-refractivity contribution is 5.85. The lowest BCUT2D eigenvalue weighted by molar-refractivity contribution is -0.133. The first-order valence-electron chi connectivity index (χ1n) is 7.47. The Balaban J connectivity index is 2.10. The van der Waals surface area contributed by atoms with Crippen molar-refractivity contribution in [1.82, 2.24) is 14.9 Å². The molecular formula is C15H24N4O. The van der Waals surface area contributed by atoms with E-state index in [1.807, 2.05) is 4.90 Å². The fraction of sp³-hybridized carbons (Fsp3) is 0.667. The highest BCUT2D eigenvalue weighted by atomic mass is 16.2. The minimum absolute atomic E-state index is 0.178. The topological polar surface area (TPSA) is 58.1 Å². The molecule has 1 fully saturated rings. The van der Waals surface area contributed by atoms with Gasteiger partial charge in [-0.15, -0.1) is 0 Å². The summed E-state index contributed by atoms with van der Waals surface area (Å²) in [4.78, 5) is 23.1. The molecule has 1 saturated heterocycles. The number of aromatic nitrogens is 2. The van der Waals surface area contributed by atoms with E-state index in [0.29, 0.717) is 12.0 Å². The molecule has 2 heterocycles. The van der Waals surface area contributed by atoms with Gasteiger partial charge >= 0.3 is 0 Å². The maximum absolute atomic E-state index is 12.8. The Morgan fingerprint density at radius 2 is 2.15 bits per heavy atom. The van der Waals surface area contributed by atoms with Gasteiger partial charge in [0.15, 0.2) is 0 Å². The van der Waals surface area contributed by atoms with Crippen molar-refractivity contribution < 1.29 is 4.79 Å². The maximum atomic E-state index is 12.8. The highest BCUT2D eigenvalue weighted by Gasteiger charge is 2.33. The Morgan fingerprint density at radius 1 is 1.45 bits per heavy atom. The number of anilines is 1. The van der Waals surface area contributed by atoms with Crippen LogP contribution in [-0.2, 0) is 4.79 Å². The van der Waals surface area contributed by atoms with Crippen molar-refractivity contribution in [2.75, 3.05) is 11.9 Å². The standard InChI is InChI=1S/C15H24N4O/c1-4-12-7-5-10-19(12)14(20)13(11(2)3)18-15-16-8-6-9-17-15/h6,8-9,11-13H,4-5,7,10H2,1-3H3,(H,16,17,18). The number of hydrogen-bond acceptors (Lipinski definition) is 4. The minimum atomic E-state index is -0.260. The zero-order valence-electron chi connectivity index (χ0n) is 12.5. The van der Waals surface area contributed by atoms with Gasteiger partial charge in [-0.3, -0.25) is 4.79 Å². The van der Waals surface area contributed by atoms with Crippen LogP contribution in [0.4, 0.5) is 5.95 Å². The van der Waals surface area contributed by atoms with Gasteiger partial charge < -0.3 is 10.2 Å². The predicted molar refractivity (Wildman–Crippen MR) is 79.3 cm³/mol. The lowest BCUT2D eigenvalue weighted by Gasteiger charge is -2.30. The van der Waals surface area contributed by atoms with E-state index in [2.05, 4.69) is 36.1 Å². The van der Waals surface area contributed by atoms with Crippen molar-refractivity contribution in [2.45, 2.75) is 52.1 Å². The van der Waals surface area contributed by atoms with Crippen LogP contribution in [-0.4, -0.2) is 39.4 Å². The van der Waals surface area contributed by atoms with Gasteiger partial charge in [0.1, 0.15) is 6.04 Å². The molecule has 0 saturated carbocycles. The summed E-state index contributed by atoms with van der Waals surface area (Å²) in [5, 5.41) is 3.19. The normalized spacial score (nSPS) is 20.2. The van der Waals surface area contributed by atoms with Crippen LogP contribution in [0.2, 0.25) is 0 Å². The number of nitrogens with one attached hydrogen (secondary N) is 1. The zero-order chi connectivity index (χ0) is 14.5. The molecule has 0 aromatic carbocycles. The third kappa shape index (κ3) is 3.26. The van der Waals surface area contributed by atoms with Gasteiger partial charge in [0.05, 0.1) is 0 Å². The zero-order valence-corrected chi connectivity index (χ0v) is 12.5. The predicted octanol–water partition coefficient (Wildman–Crippen LogP) is 2.31. The van der Waals surface area contributed by atoms with E-state index in [1.165, 1.54) is 0 Å². The van der Waals surface area contributed by atoms with Gasteiger partial charge in [0.25, 0.3) is 0 Å². The number of amides is 1. The Bertz CT molecular complexity index is 435. The summed E-state index contributed by atoms with van der Waals surface area (Å²) in [6, 6.07) is 1.90. The number of carbonyl (C=O) groups is 1. The fourth-order valence-electron chi connectivity index (χ4n) is 2.76. The van der Waals surface area contributed by atoms with Crippen molar-refractivity contribution in [3.8, 4) is 0 Å². The molecule has 1 aliphatic rings. The second-order valence-electron chi connectivity index (χ2n) is 5.67. The van der Waals surface area contributed by atoms with Gasteiger partial charge in [-0.2, -0.15) is 0 Å². The first-order chi connectivity index (χ1) is 9.63. The fourth-order valence-corrected chi connectivity index (χ4v) is 2.76. The molecule has 2 unspecified atom stereocenters. The molecule has 2 rings (SSSR count). The Hall–Kier alpha value is -1.65. The third-order valence-corrected chi connectivity index (χ3v) is 3.91. The molecule has 1 N–H and O–H groups in total. The van der Waals surface area contributed by atoms with Crippen LogP contribution >= 0.6 is 0 Å². The van der Waals surface area contributed by atoms with Crippen LogP contribution in [0, 0.1) is 5.92 Å². The number of hydrogen-bond donors (Lipinski definition) is 1. The number of carbonyl (C=O) groups excluding carboxylic acids is 1. The van der Waals surface area contributed by atoms with Gasteiger partial charge in [-0.05, 0) is 31.2 Å². The van der Waals surface area contributed by atoms with Gasteiger partial charge in [0, 0.05) is 25.0 Å². The average molecular weight is 276 g/mol. The molecule has 110 valence electrons. The molecule has 20 heavy (non-hydrogen) atoms. The van der Waals surface area contributed by atoms with Crippen molar-refractivity contribution in [3.63, 3.8) is 0 Å². The molecule has 0 spiro atoms. The monoisotopic (exact) mass is 276 g/mol. The maximum Gasteiger partial charge on any atom is 0.245 e. The summed E-state index contributed by atoms with van der Waals surface area (Å²) in [5.74, 6) is 0.896. The Labute approximate surface area is 120 Å². The summed E-state index contributed by atoms with van der Waals surface area (Å²) in [6.45, 7) is 7.12. The van der Waals surface area contributed by atoms with Gasteiger partial charge in [-0.25, -0.2) is 9.97 Å². The number of rotatable bonds is 5. The number of likely N-dealkylation sites (tertiary alicyclic amines) is 1. The van der Waals surface area contributed by atoms with E-state index in [-0.39, 0.29) is 17.9 Å². The van der Waals surface area contributed by atoms with Crippen molar-refractivity contribution in [2.24, 2.45) is 5.92 Å². The molecule has 5 heteroatoms. The average Bonchev–Trinajstić information content (AvgIpc) is 2.93. The van der Waals surface area contributed by atoms with E-state index in [0.717, 1.165) is 25.8 Å². The van der Waals surface area contributed by atoms with Gasteiger partial charge in [0.2, 0.25) is 11.9 Å². The molecule has 0 radical (unpaired) electrons. The molecule has 1 aromatic heterocycles. The van der Waals surface area contributed by atoms with Crippen LogP contribution in [0.3, 0.4) is 0 Å². The Morgan fingerprint density at radius 3 is 2.75 bits per heavy atom. The summed E-state index contributed by atoms with van der Waals surface area (Å²) in [7, 11) is 0. The molecule has 1 aliphatic heterocycles. The first kappa shape index (κ1) is 14.8. The SMILES string of the molecule is CCC1CCCN1C(=O)C(Nc1ncccn1)C(C)C. The minimum Gasteiger partial charge on any atom is -0.342 e. The van der Waals surface area contributed by atoms with Crippen molar-refractivity contribution in [1.29, 1.82) is 0 Å². The van der Waals surface area contributed by atoms with Crippen molar-refractivity contribution >= 4 is 11.9 Å². The second-order valence-corrected chi connectivity index (χ2v) is 5.67. The third-order valence-electron chi connectivity index (χ3n) is 3.91. The summed E-state index contributed by atoms with van der Waals surface area (Å²) in [5.41, 5.74) is 0. The summed E-state index contributed by atoms with van der Waals surface area (Å²) >= 11 is 0. The molecule has 2 atom stereocenters. The highest BCUT2D eigenvalue weighted by Crippen LogP contribution is 2.23. The largest absolute Gasteiger partial charge is 0.342 e. The summed E-state index contributed by atoms with van der Waals surface area (Å²) < 4.78 is 0. The van der Waals surface area contributed by atoms with Crippen LogP contribution in [0.1, 0.15) is 40.0 Å². The van der Waals surface area contributed by atoms with E-state index in [1.54, 1.807) is 18.5 Å².